The molecule has 1 unspecified atom stereocenters. The zero-order valence-electron chi connectivity index (χ0n) is 16.4. The van der Waals surface area contributed by atoms with Crippen LogP contribution in [0.5, 0.6) is 0 Å². The molecule has 1 aliphatic rings. The highest BCUT2D eigenvalue weighted by molar-refractivity contribution is 7.86. The van der Waals surface area contributed by atoms with Gasteiger partial charge in [-0.15, -0.1) is 0 Å². The Morgan fingerprint density at radius 1 is 1.11 bits per heavy atom. The third-order valence-corrected chi connectivity index (χ3v) is 7.41. The second-order valence-corrected chi connectivity index (χ2v) is 9.97. The van der Waals surface area contributed by atoms with E-state index in [1.807, 2.05) is 49.9 Å². The molecule has 0 bridgehead atoms. The van der Waals surface area contributed by atoms with E-state index in [1.165, 1.54) is 0 Å². The molecule has 0 aliphatic carbocycles. The maximum Gasteiger partial charge on any atom is 0.329 e. The molecular formula is C20H29N3O3S. The molecule has 27 heavy (non-hydrogen) atoms. The lowest BCUT2D eigenvalue weighted by molar-refractivity contribution is -0.131. The van der Waals surface area contributed by atoms with Crippen molar-refractivity contribution in [3.63, 3.8) is 0 Å². The minimum absolute atomic E-state index is 0.0314. The number of carbonyl (C=O) groups excluding carboxylic acids is 1. The number of rotatable bonds is 5. The van der Waals surface area contributed by atoms with Gasteiger partial charge in [-0.05, 0) is 38.8 Å². The Balaban J connectivity index is 1.75. The van der Waals surface area contributed by atoms with Crippen LogP contribution in [-0.2, 0) is 28.7 Å². The summed E-state index contributed by atoms with van der Waals surface area (Å²) < 4.78 is 15.5. The van der Waals surface area contributed by atoms with Crippen molar-refractivity contribution in [2.75, 3.05) is 18.8 Å². The molecule has 1 saturated heterocycles. The van der Waals surface area contributed by atoms with Crippen LogP contribution in [-0.4, -0.2) is 47.7 Å². The molecule has 1 atom stereocenters. The van der Waals surface area contributed by atoms with E-state index >= 15 is 0 Å². The number of aryl methyl sites for hydroxylation is 2. The average molecular weight is 392 g/mol. The summed E-state index contributed by atoms with van der Waals surface area (Å²) in [6.07, 6.45) is 1.90. The maximum atomic E-state index is 12.8. The topological polar surface area (TPSA) is 64.3 Å². The number of aromatic nitrogens is 2. The highest BCUT2D eigenvalue weighted by Crippen LogP contribution is 2.22. The number of amides is 1. The lowest BCUT2D eigenvalue weighted by Crippen LogP contribution is -2.35. The fourth-order valence-corrected chi connectivity index (χ4v) is 4.90. The molecule has 0 N–H and O–H groups in total. The monoisotopic (exact) mass is 391 g/mol. The largest absolute Gasteiger partial charge is 0.342 e. The predicted molar refractivity (Wildman–Crippen MR) is 109 cm³/mol. The van der Waals surface area contributed by atoms with Gasteiger partial charge in [0.2, 0.25) is 5.91 Å². The van der Waals surface area contributed by atoms with Gasteiger partial charge in [0, 0.05) is 53.9 Å². The SMILES string of the molecule is CCCn1c(=O)n(CCC(=O)N2CCS(=O)C(C)(C)CC2)c2ccccc21. The van der Waals surface area contributed by atoms with Crippen molar-refractivity contribution in [3.8, 4) is 0 Å². The first-order valence-corrected chi connectivity index (χ1v) is 11.0. The Labute approximate surface area is 162 Å². The van der Waals surface area contributed by atoms with Gasteiger partial charge >= 0.3 is 5.69 Å². The van der Waals surface area contributed by atoms with Crippen LogP contribution in [0.25, 0.3) is 11.0 Å². The van der Waals surface area contributed by atoms with Gasteiger partial charge in [0.25, 0.3) is 0 Å². The molecule has 1 aromatic heterocycles. The van der Waals surface area contributed by atoms with Crippen LogP contribution in [0.2, 0.25) is 0 Å². The average Bonchev–Trinajstić information content (AvgIpc) is 2.82. The second-order valence-electron chi connectivity index (χ2n) is 7.76. The Kier molecular flexibility index (Phi) is 5.89. The van der Waals surface area contributed by atoms with Crippen LogP contribution in [0.15, 0.2) is 29.1 Å². The predicted octanol–water partition coefficient (Wildman–Crippen LogP) is 2.36. The van der Waals surface area contributed by atoms with E-state index in [2.05, 4.69) is 0 Å². The van der Waals surface area contributed by atoms with Crippen LogP contribution in [0, 0.1) is 0 Å². The van der Waals surface area contributed by atoms with Crippen LogP contribution in [0.4, 0.5) is 0 Å². The van der Waals surface area contributed by atoms with Crippen LogP contribution in [0.3, 0.4) is 0 Å². The first-order chi connectivity index (χ1) is 12.8. The number of hydrogen-bond acceptors (Lipinski definition) is 3. The van der Waals surface area contributed by atoms with Crippen molar-refractivity contribution in [3.05, 3.63) is 34.7 Å². The standard InChI is InChI=1S/C20H29N3O3S/c1-4-11-22-16-7-5-6-8-17(16)23(19(22)25)12-9-18(24)21-13-10-20(2,3)27(26)15-14-21/h5-8H,4,9-15H2,1-3H3. The summed E-state index contributed by atoms with van der Waals surface area (Å²) in [5.74, 6) is 0.554. The molecule has 0 saturated carbocycles. The maximum absolute atomic E-state index is 12.8. The van der Waals surface area contributed by atoms with Crippen molar-refractivity contribution < 1.29 is 9.00 Å². The van der Waals surface area contributed by atoms with E-state index in [4.69, 9.17) is 0 Å². The smallest absolute Gasteiger partial charge is 0.329 e. The lowest BCUT2D eigenvalue weighted by Gasteiger charge is -2.22. The van der Waals surface area contributed by atoms with Gasteiger partial charge in [-0.25, -0.2) is 4.79 Å². The summed E-state index contributed by atoms with van der Waals surface area (Å²) in [7, 11) is -0.919. The number of imidazole rings is 1. The Morgan fingerprint density at radius 2 is 1.74 bits per heavy atom. The van der Waals surface area contributed by atoms with Crippen molar-refractivity contribution >= 4 is 27.7 Å². The number of benzene rings is 1. The molecule has 1 fully saturated rings. The first kappa shape index (κ1) is 19.9. The van der Waals surface area contributed by atoms with Crippen LogP contribution >= 0.6 is 0 Å². The van der Waals surface area contributed by atoms with E-state index in [9.17, 15) is 13.8 Å². The summed E-state index contributed by atoms with van der Waals surface area (Å²) in [4.78, 5) is 27.3. The Morgan fingerprint density at radius 3 is 2.37 bits per heavy atom. The molecule has 2 heterocycles. The van der Waals surface area contributed by atoms with Gasteiger partial charge in [-0.1, -0.05) is 19.1 Å². The highest BCUT2D eigenvalue weighted by atomic mass is 32.2. The summed E-state index contributed by atoms with van der Waals surface area (Å²) in [5.41, 5.74) is 1.74. The van der Waals surface area contributed by atoms with Gasteiger partial charge in [0.1, 0.15) is 0 Å². The fourth-order valence-electron chi connectivity index (χ4n) is 3.64. The summed E-state index contributed by atoms with van der Waals surface area (Å²) in [5, 5.41) is 0. The lowest BCUT2D eigenvalue weighted by atomic mass is 10.1. The Bertz CT molecular complexity index is 913. The molecule has 1 amide bonds. The van der Waals surface area contributed by atoms with Crippen molar-refractivity contribution in [2.45, 2.75) is 57.9 Å². The zero-order chi connectivity index (χ0) is 19.6. The summed E-state index contributed by atoms with van der Waals surface area (Å²) in [6.45, 7) is 8.25. The van der Waals surface area contributed by atoms with E-state index in [0.717, 1.165) is 23.9 Å². The molecule has 6 nitrogen and oxygen atoms in total. The minimum atomic E-state index is -0.919. The zero-order valence-corrected chi connectivity index (χ0v) is 17.3. The Hall–Kier alpha value is -1.89. The molecule has 148 valence electrons. The van der Waals surface area contributed by atoms with E-state index in [1.54, 1.807) is 9.13 Å². The summed E-state index contributed by atoms with van der Waals surface area (Å²) >= 11 is 0. The third kappa shape index (κ3) is 4.03. The van der Waals surface area contributed by atoms with Crippen molar-refractivity contribution in [2.24, 2.45) is 0 Å². The van der Waals surface area contributed by atoms with Crippen molar-refractivity contribution in [1.82, 2.24) is 14.0 Å². The van der Waals surface area contributed by atoms with Gasteiger partial charge in [-0.2, -0.15) is 0 Å². The van der Waals surface area contributed by atoms with Crippen LogP contribution < -0.4 is 5.69 Å². The number of para-hydroxylation sites is 2. The molecule has 1 aromatic carbocycles. The number of hydrogen-bond donors (Lipinski definition) is 0. The molecule has 7 heteroatoms. The third-order valence-electron chi connectivity index (χ3n) is 5.42. The first-order valence-electron chi connectivity index (χ1n) is 9.69. The van der Waals surface area contributed by atoms with Gasteiger partial charge in [0.05, 0.1) is 11.0 Å². The molecule has 3 rings (SSSR count). The quantitative estimate of drug-likeness (QED) is 0.786. The van der Waals surface area contributed by atoms with E-state index in [0.29, 0.717) is 31.9 Å². The van der Waals surface area contributed by atoms with E-state index < -0.39 is 10.8 Å². The molecule has 0 radical (unpaired) electrons. The number of carbonyl (C=O) groups is 1. The molecule has 2 aromatic rings. The van der Waals surface area contributed by atoms with Gasteiger partial charge in [-0.3, -0.25) is 18.1 Å². The molecule has 1 aliphatic heterocycles. The second kappa shape index (κ2) is 8.00. The van der Waals surface area contributed by atoms with E-state index in [-0.39, 0.29) is 22.8 Å². The number of fused-ring (bicyclic) bond motifs is 1. The summed E-state index contributed by atoms with van der Waals surface area (Å²) in [6, 6.07) is 7.74. The molecule has 0 spiro atoms. The highest BCUT2D eigenvalue weighted by Gasteiger charge is 2.31. The fraction of sp³-hybridized carbons (Fsp3) is 0.600. The van der Waals surface area contributed by atoms with Gasteiger partial charge in [0.15, 0.2) is 0 Å². The normalized spacial score (nSPS) is 20.0. The van der Waals surface area contributed by atoms with Gasteiger partial charge < -0.3 is 4.90 Å². The molecular weight excluding hydrogens is 362 g/mol. The number of nitrogens with zero attached hydrogens (tertiary/aromatic N) is 3. The van der Waals surface area contributed by atoms with Crippen LogP contribution in [0.1, 0.15) is 40.0 Å². The minimum Gasteiger partial charge on any atom is -0.342 e. The van der Waals surface area contributed by atoms with Crippen molar-refractivity contribution in [1.29, 1.82) is 0 Å².